The predicted octanol–water partition coefficient (Wildman–Crippen LogP) is 2.95. The van der Waals surface area contributed by atoms with Crippen LogP contribution in [0, 0.1) is 5.41 Å². The molecule has 0 saturated heterocycles. The van der Waals surface area contributed by atoms with Crippen LogP contribution in [0.3, 0.4) is 0 Å². The molecule has 0 amide bonds. The fourth-order valence-electron chi connectivity index (χ4n) is 2.67. The van der Waals surface area contributed by atoms with E-state index in [0.717, 1.165) is 34.4 Å². The molecule has 3 aromatic rings. The first-order chi connectivity index (χ1) is 10.2. The van der Waals surface area contributed by atoms with E-state index in [0.29, 0.717) is 16.7 Å². The van der Waals surface area contributed by atoms with E-state index in [1.54, 1.807) is 6.33 Å². The van der Waals surface area contributed by atoms with Crippen LogP contribution in [-0.4, -0.2) is 19.5 Å². The standard InChI is InChI=1S/C15H12BrN5/c16-11-4-2-1-3-9(11)7-10-5-6-21-13(17)12-14(19-8-18-12)20-15(10)21/h1-4,7-8,17H,5-6H2,(H,18,19)/b10-7+,17-13?. The van der Waals surface area contributed by atoms with Crippen molar-refractivity contribution in [3.63, 3.8) is 0 Å². The zero-order chi connectivity index (χ0) is 14.4. The van der Waals surface area contributed by atoms with Gasteiger partial charge in [-0.2, -0.15) is 0 Å². The summed E-state index contributed by atoms with van der Waals surface area (Å²) in [5.41, 5.74) is 4.01. The fraction of sp³-hybridized carbons (Fsp3) is 0.133. The van der Waals surface area contributed by atoms with E-state index in [2.05, 4.69) is 43.0 Å². The van der Waals surface area contributed by atoms with E-state index in [9.17, 15) is 0 Å². The number of hydrogen-bond acceptors (Lipinski definition) is 3. The molecule has 5 nitrogen and oxygen atoms in total. The summed E-state index contributed by atoms with van der Waals surface area (Å²) < 4.78 is 2.99. The summed E-state index contributed by atoms with van der Waals surface area (Å²) in [7, 11) is 0. The Morgan fingerprint density at radius 3 is 3.05 bits per heavy atom. The minimum Gasteiger partial charge on any atom is -0.340 e. The summed E-state index contributed by atoms with van der Waals surface area (Å²) in [6.45, 7) is 0.784. The van der Waals surface area contributed by atoms with E-state index in [-0.39, 0.29) is 0 Å². The Hall–Kier alpha value is -2.21. The van der Waals surface area contributed by atoms with E-state index >= 15 is 0 Å². The van der Waals surface area contributed by atoms with Crippen molar-refractivity contribution in [2.75, 3.05) is 0 Å². The van der Waals surface area contributed by atoms with Gasteiger partial charge in [0.15, 0.2) is 11.1 Å². The van der Waals surface area contributed by atoms with E-state index in [1.807, 2.05) is 22.8 Å². The molecule has 0 fully saturated rings. The van der Waals surface area contributed by atoms with Crippen LogP contribution in [0.2, 0.25) is 0 Å². The molecule has 4 rings (SSSR count). The van der Waals surface area contributed by atoms with Gasteiger partial charge < -0.3 is 9.55 Å². The number of imidazole rings is 1. The number of rotatable bonds is 1. The maximum Gasteiger partial charge on any atom is 0.183 e. The van der Waals surface area contributed by atoms with Crippen LogP contribution in [0.15, 0.2) is 35.1 Å². The third-order valence-electron chi connectivity index (χ3n) is 3.72. The molecule has 1 aliphatic rings. The third-order valence-corrected chi connectivity index (χ3v) is 4.44. The first-order valence-electron chi connectivity index (χ1n) is 6.68. The van der Waals surface area contributed by atoms with Crippen LogP contribution in [0.5, 0.6) is 0 Å². The largest absolute Gasteiger partial charge is 0.340 e. The quantitative estimate of drug-likeness (QED) is 0.714. The number of nitrogens with one attached hydrogen (secondary N) is 2. The normalized spacial score (nSPS) is 15.8. The average Bonchev–Trinajstić information content (AvgIpc) is 3.10. The zero-order valence-electron chi connectivity index (χ0n) is 11.1. The number of fused-ring (bicyclic) bond motifs is 2. The highest BCUT2D eigenvalue weighted by Crippen LogP contribution is 2.29. The van der Waals surface area contributed by atoms with Crippen LogP contribution in [0.1, 0.15) is 17.8 Å². The van der Waals surface area contributed by atoms with Crippen LogP contribution in [0.25, 0.3) is 22.8 Å². The second kappa shape index (κ2) is 4.66. The Kier molecular flexibility index (Phi) is 2.78. The Bertz CT molecular complexity index is 935. The van der Waals surface area contributed by atoms with Crippen molar-refractivity contribution in [3.8, 4) is 0 Å². The van der Waals surface area contributed by atoms with Gasteiger partial charge in [-0.15, -0.1) is 0 Å². The minimum absolute atomic E-state index is 0.447. The molecule has 1 aliphatic heterocycles. The SMILES string of the molecule is N=c1c2[nH]cnc2nc2n1CC/C2=C\c1ccccc1Br. The number of hydrogen-bond donors (Lipinski definition) is 2. The molecule has 2 aromatic heterocycles. The summed E-state index contributed by atoms with van der Waals surface area (Å²) in [4.78, 5) is 11.8. The minimum atomic E-state index is 0.447. The number of halogens is 1. The second-order valence-corrected chi connectivity index (χ2v) is 5.83. The van der Waals surface area contributed by atoms with Gasteiger partial charge in [0.2, 0.25) is 0 Å². The Morgan fingerprint density at radius 1 is 1.33 bits per heavy atom. The Morgan fingerprint density at radius 2 is 2.19 bits per heavy atom. The summed E-state index contributed by atoms with van der Waals surface area (Å²) >= 11 is 3.57. The van der Waals surface area contributed by atoms with E-state index in [4.69, 9.17) is 5.41 Å². The van der Waals surface area contributed by atoms with E-state index < -0.39 is 0 Å². The number of aromatic amines is 1. The van der Waals surface area contributed by atoms with Crippen molar-refractivity contribution in [2.24, 2.45) is 0 Å². The van der Waals surface area contributed by atoms with Gasteiger partial charge in [0.05, 0.1) is 6.33 Å². The fourth-order valence-corrected chi connectivity index (χ4v) is 3.07. The lowest BCUT2D eigenvalue weighted by Gasteiger charge is -2.04. The lowest BCUT2D eigenvalue weighted by molar-refractivity contribution is 0.701. The van der Waals surface area contributed by atoms with Gasteiger partial charge in [-0.1, -0.05) is 34.1 Å². The molecule has 2 N–H and O–H groups in total. The third kappa shape index (κ3) is 1.94. The summed E-state index contributed by atoms with van der Waals surface area (Å²) in [6, 6.07) is 8.10. The van der Waals surface area contributed by atoms with Crippen LogP contribution < -0.4 is 5.49 Å². The Labute approximate surface area is 129 Å². The van der Waals surface area contributed by atoms with Crippen LogP contribution >= 0.6 is 15.9 Å². The lowest BCUT2D eigenvalue weighted by atomic mass is 10.1. The average molecular weight is 342 g/mol. The summed E-state index contributed by atoms with van der Waals surface area (Å²) in [6.07, 6.45) is 4.60. The molecule has 0 unspecified atom stereocenters. The molecule has 0 radical (unpaired) electrons. The molecule has 0 saturated carbocycles. The molecule has 21 heavy (non-hydrogen) atoms. The van der Waals surface area contributed by atoms with Gasteiger partial charge >= 0.3 is 0 Å². The number of benzene rings is 1. The molecular formula is C15H12BrN5. The molecule has 1 aromatic carbocycles. The zero-order valence-corrected chi connectivity index (χ0v) is 12.7. The maximum atomic E-state index is 8.26. The highest BCUT2D eigenvalue weighted by molar-refractivity contribution is 9.10. The molecule has 0 spiro atoms. The molecule has 6 heteroatoms. The number of aromatic nitrogens is 4. The summed E-state index contributed by atoms with van der Waals surface area (Å²) in [5, 5.41) is 8.26. The molecule has 0 bridgehead atoms. The van der Waals surface area contributed by atoms with Crippen LogP contribution in [-0.2, 0) is 6.54 Å². The first kappa shape index (κ1) is 12.5. The maximum absolute atomic E-state index is 8.26. The summed E-state index contributed by atoms with van der Waals surface area (Å²) in [5.74, 6) is 0.843. The number of H-pyrrole nitrogens is 1. The highest BCUT2D eigenvalue weighted by atomic mass is 79.9. The van der Waals surface area contributed by atoms with Gasteiger partial charge in [0.25, 0.3) is 0 Å². The monoisotopic (exact) mass is 341 g/mol. The highest BCUT2D eigenvalue weighted by Gasteiger charge is 2.20. The van der Waals surface area contributed by atoms with Crippen molar-refractivity contribution in [1.29, 1.82) is 5.41 Å². The molecular weight excluding hydrogens is 330 g/mol. The smallest absolute Gasteiger partial charge is 0.183 e. The van der Waals surface area contributed by atoms with Crippen molar-refractivity contribution in [3.05, 3.63) is 51.9 Å². The second-order valence-electron chi connectivity index (χ2n) is 4.98. The van der Waals surface area contributed by atoms with Crippen molar-refractivity contribution >= 4 is 38.7 Å². The van der Waals surface area contributed by atoms with Crippen LogP contribution in [0.4, 0.5) is 0 Å². The molecule has 0 aliphatic carbocycles. The van der Waals surface area contributed by atoms with E-state index in [1.165, 1.54) is 0 Å². The topological polar surface area (TPSA) is 70.3 Å². The number of nitrogens with zero attached hydrogens (tertiary/aromatic N) is 3. The first-order valence-corrected chi connectivity index (χ1v) is 7.47. The van der Waals surface area contributed by atoms with Crippen molar-refractivity contribution in [1.82, 2.24) is 19.5 Å². The van der Waals surface area contributed by atoms with Crippen molar-refractivity contribution < 1.29 is 0 Å². The molecule has 104 valence electrons. The van der Waals surface area contributed by atoms with Gasteiger partial charge in [-0.25, -0.2) is 9.97 Å². The van der Waals surface area contributed by atoms with Gasteiger partial charge in [-0.05, 0) is 29.7 Å². The molecule has 3 heterocycles. The van der Waals surface area contributed by atoms with Gasteiger partial charge in [-0.3, -0.25) is 5.41 Å². The van der Waals surface area contributed by atoms with Gasteiger partial charge in [0.1, 0.15) is 11.3 Å². The van der Waals surface area contributed by atoms with Gasteiger partial charge in [0, 0.05) is 11.0 Å². The Balaban J connectivity index is 1.92. The molecule has 0 atom stereocenters. The van der Waals surface area contributed by atoms with Crippen molar-refractivity contribution in [2.45, 2.75) is 13.0 Å². The number of allylic oxidation sites excluding steroid dienone is 1. The predicted molar refractivity (Wildman–Crippen MR) is 84.4 cm³/mol. The lowest BCUT2D eigenvalue weighted by Crippen LogP contribution is -2.21.